The molecule has 5 rings (SSSR count). The van der Waals surface area contributed by atoms with E-state index in [2.05, 4.69) is 22.4 Å². The average Bonchev–Trinajstić information content (AvgIpc) is 3.16. The average molecular weight is 360 g/mol. The lowest BCUT2D eigenvalue weighted by atomic mass is 9.99. The molecule has 0 aliphatic carbocycles. The van der Waals surface area contributed by atoms with Crippen molar-refractivity contribution < 1.29 is 9.53 Å². The van der Waals surface area contributed by atoms with Gasteiger partial charge in [0.15, 0.2) is 5.69 Å². The highest BCUT2D eigenvalue weighted by molar-refractivity contribution is 5.93. The van der Waals surface area contributed by atoms with Crippen LogP contribution in [0, 0.1) is 0 Å². The molecule has 2 aliphatic rings. The normalized spacial score (nSPS) is 18.7. The molecule has 1 aromatic heterocycles. The fourth-order valence-corrected chi connectivity index (χ4v) is 3.87. The first-order valence-electron chi connectivity index (χ1n) is 9.24. The van der Waals surface area contributed by atoms with Crippen molar-refractivity contribution in [2.75, 3.05) is 6.54 Å². The van der Waals surface area contributed by atoms with Crippen molar-refractivity contribution in [2.45, 2.75) is 32.2 Å². The summed E-state index contributed by atoms with van der Waals surface area (Å²) in [6, 6.07) is 18.4. The molecule has 27 heavy (non-hydrogen) atoms. The molecule has 0 spiro atoms. The molecule has 0 bridgehead atoms. The molecule has 2 aliphatic heterocycles. The molecule has 1 atom stereocenters. The molecule has 0 radical (unpaired) electrons. The third-order valence-corrected chi connectivity index (χ3v) is 5.39. The Kier molecular flexibility index (Phi) is 3.98. The molecule has 0 saturated heterocycles. The zero-order valence-corrected chi connectivity index (χ0v) is 14.9. The number of carbonyl (C=O) groups is 1. The number of carbonyl (C=O) groups excluding carboxylic acids is 1. The van der Waals surface area contributed by atoms with Crippen LogP contribution in [0.2, 0.25) is 0 Å². The third kappa shape index (κ3) is 2.92. The van der Waals surface area contributed by atoms with Crippen molar-refractivity contribution >= 4 is 5.91 Å². The van der Waals surface area contributed by atoms with Crippen LogP contribution in [0.4, 0.5) is 0 Å². The van der Waals surface area contributed by atoms with Gasteiger partial charge in [-0.05, 0) is 23.1 Å². The van der Waals surface area contributed by atoms with Gasteiger partial charge in [0.2, 0.25) is 0 Å². The van der Waals surface area contributed by atoms with Crippen LogP contribution in [0.3, 0.4) is 0 Å². The van der Waals surface area contributed by atoms with Crippen LogP contribution in [0.5, 0.6) is 0 Å². The Balaban J connectivity index is 1.36. The second-order valence-electron chi connectivity index (χ2n) is 7.02. The van der Waals surface area contributed by atoms with Gasteiger partial charge in [0.1, 0.15) is 6.10 Å². The smallest absolute Gasteiger partial charge is 0.276 e. The van der Waals surface area contributed by atoms with Gasteiger partial charge in [-0.2, -0.15) is 0 Å². The Morgan fingerprint density at radius 3 is 2.67 bits per heavy atom. The van der Waals surface area contributed by atoms with Gasteiger partial charge in [-0.1, -0.05) is 59.8 Å². The van der Waals surface area contributed by atoms with Crippen LogP contribution < -0.4 is 0 Å². The maximum absolute atomic E-state index is 13.0. The monoisotopic (exact) mass is 360 g/mol. The predicted molar refractivity (Wildman–Crippen MR) is 98.9 cm³/mol. The van der Waals surface area contributed by atoms with Gasteiger partial charge in [0.05, 0.1) is 18.8 Å². The van der Waals surface area contributed by atoms with Gasteiger partial charge in [-0.25, -0.2) is 4.68 Å². The Bertz CT molecular complexity index is 983. The molecule has 1 amide bonds. The minimum Gasteiger partial charge on any atom is -0.365 e. The van der Waals surface area contributed by atoms with Gasteiger partial charge in [-0.15, -0.1) is 5.10 Å². The fourth-order valence-electron chi connectivity index (χ4n) is 3.87. The van der Waals surface area contributed by atoms with Gasteiger partial charge >= 0.3 is 0 Å². The maximum Gasteiger partial charge on any atom is 0.276 e. The van der Waals surface area contributed by atoms with Crippen molar-refractivity contribution in [3.05, 3.63) is 82.7 Å². The minimum atomic E-state index is -0.0646. The third-order valence-electron chi connectivity index (χ3n) is 5.39. The Hall–Kier alpha value is -2.99. The number of amides is 1. The van der Waals surface area contributed by atoms with Crippen LogP contribution in [0.15, 0.2) is 54.6 Å². The van der Waals surface area contributed by atoms with E-state index in [-0.39, 0.29) is 12.0 Å². The molecule has 0 N–H and O–H groups in total. The molecule has 6 nitrogen and oxygen atoms in total. The van der Waals surface area contributed by atoms with E-state index in [1.54, 1.807) is 0 Å². The first-order chi connectivity index (χ1) is 13.3. The van der Waals surface area contributed by atoms with Gasteiger partial charge in [0, 0.05) is 13.1 Å². The Morgan fingerprint density at radius 1 is 1.04 bits per heavy atom. The van der Waals surface area contributed by atoms with E-state index in [4.69, 9.17) is 4.74 Å². The lowest BCUT2D eigenvalue weighted by molar-refractivity contribution is -0.00197. The van der Waals surface area contributed by atoms with Crippen molar-refractivity contribution in [3.63, 3.8) is 0 Å². The number of nitrogens with zero attached hydrogens (tertiary/aromatic N) is 4. The molecular formula is C21H20N4O2. The van der Waals surface area contributed by atoms with Crippen LogP contribution in [0.1, 0.15) is 39.0 Å². The Morgan fingerprint density at radius 2 is 1.81 bits per heavy atom. The number of fused-ring (bicyclic) bond motifs is 2. The molecule has 136 valence electrons. The minimum absolute atomic E-state index is 0.0625. The number of ether oxygens (including phenoxy) is 1. The van der Waals surface area contributed by atoms with E-state index in [1.165, 1.54) is 11.1 Å². The molecule has 3 aromatic rings. The standard InChI is InChI=1S/C21H20N4O2/c26-21(24-11-10-15-6-4-5-9-17(15)12-24)20-18-14-27-19(13-25(18)23-22-20)16-7-2-1-3-8-16/h1-9,19H,10-14H2/t19-/m1/s1. The number of hydrogen-bond donors (Lipinski definition) is 0. The van der Waals surface area contributed by atoms with Crippen molar-refractivity contribution in [1.82, 2.24) is 19.9 Å². The van der Waals surface area contributed by atoms with Crippen molar-refractivity contribution in [2.24, 2.45) is 0 Å². The highest BCUT2D eigenvalue weighted by atomic mass is 16.5. The highest BCUT2D eigenvalue weighted by Crippen LogP contribution is 2.28. The van der Waals surface area contributed by atoms with Gasteiger partial charge < -0.3 is 9.64 Å². The van der Waals surface area contributed by atoms with E-state index in [0.717, 1.165) is 17.7 Å². The Labute approximate surface area is 157 Å². The van der Waals surface area contributed by atoms with Crippen molar-refractivity contribution in [3.8, 4) is 0 Å². The topological polar surface area (TPSA) is 60.3 Å². The lowest BCUT2D eigenvalue weighted by Crippen LogP contribution is -2.37. The summed E-state index contributed by atoms with van der Waals surface area (Å²) in [6.07, 6.45) is 0.808. The predicted octanol–water partition coefficient (Wildman–Crippen LogP) is 2.75. The molecule has 3 heterocycles. The summed E-state index contributed by atoms with van der Waals surface area (Å²) in [5.41, 5.74) is 4.82. The van der Waals surface area contributed by atoms with E-state index in [9.17, 15) is 4.79 Å². The second-order valence-corrected chi connectivity index (χ2v) is 7.02. The van der Waals surface area contributed by atoms with Gasteiger partial charge in [0.25, 0.3) is 5.91 Å². The van der Waals surface area contributed by atoms with Crippen molar-refractivity contribution in [1.29, 1.82) is 0 Å². The summed E-state index contributed by atoms with van der Waals surface area (Å²) in [4.78, 5) is 14.9. The SMILES string of the molecule is O=C(c1nnn2c1CO[C@@H](c1ccccc1)C2)N1CCc2ccccc2C1. The largest absolute Gasteiger partial charge is 0.365 e. The zero-order valence-electron chi connectivity index (χ0n) is 14.9. The number of rotatable bonds is 2. The second kappa shape index (κ2) is 6.63. The summed E-state index contributed by atoms with van der Waals surface area (Å²) in [5.74, 6) is -0.0625. The number of hydrogen-bond acceptors (Lipinski definition) is 4. The first kappa shape index (κ1) is 16.2. The highest BCUT2D eigenvalue weighted by Gasteiger charge is 2.31. The zero-order chi connectivity index (χ0) is 18.2. The first-order valence-corrected chi connectivity index (χ1v) is 9.24. The summed E-state index contributed by atoms with van der Waals surface area (Å²) in [7, 11) is 0. The molecule has 6 heteroatoms. The molecular weight excluding hydrogens is 340 g/mol. The van der Waals surface area contributed by atoms with E-state index >= 15 is 0 Å². The van der Waals surface area contributed by atoms with E-state index < -0.39 is 0 Å². The van der Waals surface area contributed by atoms with E-state index in [0.29, 0.717) is 31.9 Å². The fraction of sp³-hybridized carbons (Fsp3) is 0.286. The van der Waals surface area contributed by atoms with E-state index in [1.807, 2.05) is 52.0 Å². The lowest BCUT2D eigenvalue weighted by Gasteiger charge is -2.29. The summed E-state index contributed by atoms with van der Waals surface area (Å²) in [5, 5.41) is 8.43. The summed E-state index contributed by atoms with van der Waals surface area (Å²) >= 11 is 0. The summed E-state index contributed by atoms with van der Waals surface area (Å²) < 4.78 is 7.82. The molecule has 0 fully saturated rings. The summed E-state index contributed by atoms with van der Waals surface area (Å²) in [6.45, 7) is 2.24. The number of aromatic nitrogens is 3. The van der Waals surface area contributed by atoms with Crippen LogP contribution in [0.25, 0.3) is 0 Å². The number of benzene rings is 2. The quantitative estimate of drug-likeness (QED) is 0.705. The van der Waals surface area contributed by atoms with Crippen LogP contribution in [-0.4, -0.2) is 32.3 Å². The maximum atomic E-state index is 13.0. The molecule has 2 aromatic carbocycles. The van der Waals surface area contributed by atoms with Crippen LogP contribution >= 0.6 is 0 Å². The molecule has 0 saturated carbocycles. The van der Waals surface area contributed by atoms with Crippen LogP contribution in [-0.2, 0) is 30.9 Å². The van der Waals surface area contributed by atoms with Gasteiger partial charge in [-0.3, -0.25) is 4.79 Å². The molecule has 0 unspecified atom stereocenters.